The molecule has 24 heavy (non-hydrogen) atoms. The molecular weight excluding hydrogens is 334 g/mol. The lowest BCUT2D eigenvalue weighted by Gasteiger charge is -2.02. The number of nitrogens with zero attached hydrogens (tertiary/aromatic N) is 2. The van der Waals surface area contributed by atoms with Gasteiger partial charge in [-0.3, -0.25) is 19.7 Å². The number of carboxylic acid groups (broad SMARTS) is 1. The number of benzene rings is 1. The van der Waals surface area contributed by atoms with E-state index >= 15 is 0 Å². The maximum absolute atomic E-state index is 12.0. The molecule has 1 aromatic carbocycles. The molecule has 0 radical (unpaired) electrons. The zero-order valence-corrected chi connectivity index (χ0v) is 13.4. The highest BCUT2D eigenvalue weighted by atomic mass is 32.1. The molecule has 0 fully saturated rings. The van der Waals surface area contributed by atoms with E-state index in [1.807, 2.05) is 0 Å². The van der Waals surface area contributed by atoms with Gasteiger partial charge in [-0.2, -0.15) is 0 Å². The molecule has 1 heterocycles. The predicted molar refractivity (Wildman–Crippen MR) is 88.0 cm³/mol. The third-order valence-electron chi connectivity index (χ3n) is 3.16. The van der Waals surface area contributed by atoms with Crippen LogP contribution in [0.2, 0.25) is 0 Å². The van der Waals surface area contributed by atoms with E-state index in [1.54, 1.807) is 17.5 Å². The maximum atomic E-state index is 12.0. The van der Waals surface area contributed by atoms with E-state index in [0.29, 0.717) is 30.0 Å². The number of unbranched alkanes of at least 4 members (excludes halogenated alkanes) is 1. The van der Waals surface area contributed by atoms with Crippen LogP contribution in [0.25, 0.3) is 10.6 Å². The number of carboxylic acids is 1. The van der Waals surface area contributed by atoms with Gasteiger partial charge in [0, 0.05) is 36.0 Å². The number of nitro benzene ring substituents is 1. The molecule has 0 unspecified atom stereocenters. The number of hydrogen-bond acceptors (Lipinski definition) is 6. The van der Waals surface area contributed by atoms with Gasteiger partial charge in [-0.15, -0.1) is 11.3 Å². The molecule has 1 aromatic heterocycles. The molecule has 0 saturated heterocycles. The van der Waals surface area contributed by atoms with Gasteiger partial charge in [-0.25, -0.2) is 4.98 Å². The summed E-state index contributed by atoms with van der Waals surface area (Å²) in [4.78, 5) is 36.7. The Morgan fingerprint density at radius 3 is 2.58 bits per heavy atom. The first kappa shape index (κ1) is 17.5. The van der Waals surface area contributed by atoms with Crippen molar-refractivity contribution in [3.8, 4) is 10.6 Å². The maximum Gasteiger partial charge on any atom is 0.303 e. The Morgan fingerprint density at radius 2 is 1.96 bits per heavy atom. The topological polar surface area (TPSA) is 122 Å². The van der Waals surface area contributed by atoms with E-state index in [1.165, 1.54) is 23.5 Å². The Bertz CT molecular complexity index is 742. The fourth-order valence-corrected chi connectivity index (χ4v) is 2.74. The molecule has 0 aliphatic carbocycles. The van der Waals surface area contributed by atoms with Gasteiger partial charge in [-0.05, 0) is 25.0 Å². The van der Waals surface area contributed by atoms with Gasteiger partial charge in [0.05, 0.1) is 4.92 Å². The molecule has 2 rings (SSSR count). The third-order valence-corrected chi connectivity index (χ3v) is 4.06. The second-order valence-corrected chi connectivity index (χ2v) is 5.81. The highest BCUT2D eigenvalue weighted by Gasteiger charge is 2.12. The minimum Gasteiger partial charge on any atom is -0.481 e. The monoisotopic (exact) mass is 349 g/mol. The van der Waals surface area contributed by atoms with Gasteiger partial charge in [0.15, 0.2) is 0 Å². The Morgan fingerprint density at radius 1 is 1.25 bits per heavy atom. The molecular formula is C15H15N3O5S. The smallest absolute Gasteiger partial charge is 0.303 e. The van der Waals surface area contributed by atoms with E-state index in [-0.39, 0.29) is 23.7 Å². The van der Waals surface area contributed by atoms with Crippen LogP contribution >= 0.6 is 11.3 Å². The van der Waals surface area contributed by atoms with E-state index in [4.69, 9.17) is 5.11 Å². The van der Waals surface area contributed by atoms with Crippen molar-refractivity contribution < 1.29 is 19.6 Å². The number of hydrogen-bond donors (Lipinski definition) is 2. The number of nitrogens with one attached hydrogen (secondary N) is 1. The molecule has 0 aliphatic heterocycles. The number of carbonyl (C=O) groups excluding carboxylic acids is 1. The van der Waals surface area contributed by atoms with Crippen LogP contribution in [0.1, 0.15) is 29.8 Å². The zero-order chi connectivity index (χ0) is 17.5. The van der Waals surface area contributed by atoms with Crippen LogP contribution < -0.4 is 5.32 Å². The molecule has 126 valence electrons. The number of thiazole rings is 1. The standard InChI is InChI=1S/C15H15N3O5S/c19-13(20)3-1-2-8-16-14(21)12-9-24-15(17-12)10-4-6-11(7-5-10)18(22)23/h4-7,9H,1-3,8H2,(H,16,21)(H,19,20). The Kier molecular flexibility index (Phi) is 5.96. The van der Waals surface area contributed by atoms with E-state index < -0.39 is 10.9 Å². The SMILES string of the molecule is O=C(O)CCCCNC(=O)c1csc(-c2ccc([N+](=O)[O-])cc2)n1. The lowest BCUT2D eigenvalue weighted by molar-refractivity contribution is -0.384. The molecule has 2 N–H and O–H groups in total. The van der Waals surface area contributed by atoms with Crippen LogP contribution in [-0.2, 0) is 4.79 Å². The van der Waals surface area contributed by atoms with Crippen molar-refractivity contribution in [2.24, 2.45) is 0 Å². The molecule has 1 amide bonds. The third kappa shape index (κ3) is 4.85. The van der Waals surface area contributed by atoms with Gasteiger partial charge >= 0.3 is 5.97 Å². The van der Waals surface area contributed by atoms with Crippen LogP contribution in [0.4, 0.5) is 5.69 Å². The van der Waals surface area contributed by atoms with Crippen LogP contribution in [0.3, 0.4) is 0 Å². The summed E-state index contributed by atoms with van der Waals surface area (Å²) in [5.74, 6) is -1.18. The van der Waals surface area contributed by atoms with E-state index in [2.05, 4.69) is 10.3 Å². The second-order valence-electron chi connectivity index (χ2n) is 4.95. The fourth-order valence-electron chi connectivity index (χ4n) is 1.93. The van der Waals surface area contributed by atoms with Crippen LogP contribution in [-0.4, -0.2) is 33.4 Å². The van der Waals surface area contributed by atoms with Crippen molar-refractivity contribution in [3.05, 3.63) is 45.5 Å². The van der Waals surface area contributed by atoms with Gasteiger partial charge in [0.25, 0.3) is 11.6 Å². The molecule has 8 nitrogen and oxygen atoms in total. The molecule has 0 aliphatic rings. The van der Waals surface area contributed by atoms with Crippen molar-refractivity contribution in [2.45, 2.75) is 19.3 Å². The first-order valence-electron chi connectivity index (χ1n) is 7.17. The summed E-state index contributed by atoms with van der Waals surface area (Å²) in [7, 11) is 0. The number of non-ortho nitro benzene ring substituents is 1. The average molecular weight is 349 g/mol. The number of rotatable bonds is 8. The summed E-state index contributed by atoms with van der Waals surface area (Å²) in [5, 5.41) is 24.1. The van der Waals surface area contributed by atoms with Crippen LogP contribution in [0.15, 0.2) is 29.6 Å². The predicted octanol–water partition coefficient (Wildman–Crippen LogP) is 2.70. The van der Waals surface area contributed by atoms with Crippen molar-refractivity contribution in [1.82, 2.24) is 10.3 Å². The molecule has 0 atom stereocenters. The number of amides is 1. The summed E-state index contributed by atoms with van der Waals surface area (Å²) in [6, 6.07) is 5.95. The quantitative estimate of drug-likeness (QED) is 0.429. The molecule has 0 spiro atoms. The normalized spacial score (nSPS) is 10.3. The minimum atomic E-state index is -0.853. The lowest BCUT2D eigenvalue weighted by Crippen LogP contribution is -2.24. The summed E-state index contributed by atoms with van der Waals surface area (Å²) in [5.41, 5.74) is 0.965. The van der Waals surface area contributed by atoms with Crippen LogP contribution in [0.5, 0.6) is 0 Å². The minimum absolute atomic E-state index is 0.00497. The Labute approximate surface area is 141 Å². The first-order chi connectivity index (χ1) is 11.5. The molecule has 0 bridgehead atoms. The first-order valence-corrected chi connectivity index (χ1v) is 8.05. The number of nitro groups is 1. The molecule has 0 saturated carbocycles. The van der Waals surface area contributed by atoms with Gasteiger partial charge in [0.1, 0.15) is 10.7 Å². The van der Waals surface area contributed by atoms with Gasteiger partial charge < -0.3 is 10.4 Å². The van der Waals surface area contributed by atoms with Crippen molar-refractivity contribution in [3.63, 3.8) is 0 Å². The Hall–Kier alpha value is -2.81. The molecule has 9 heteroatoms. The van der Waals surface area contributed by atoms with Gasteiger partial charge in [0.2, 0.25) is 0 Å². The summed E-state index contributed by atoms with van der Waals surface area (Å²) < 4.78 is 0. The summed E-state index contributed by atoms with van der Waals surface area (Å²) in [6.45, 7) is 0.385. The summed E-state index contributed by atoms with van der Waals surface area (Å²) >= 11 is 1.27. The number of aromatic nitrogens is 1. The van der Waals surface area contributed by atoms with Crippen molar-refractivity contribution >= 4 is 28.9 Å². The van der Waals surface area contributed by atoms with Crippen molar-refractivity contribution in [1.29, 1.82) is 0 Å². The number of aliphatic carboxylic acids is 1. The molecule has 2 aromatic rings. The van der Waals surface area contributed by atoms with E-state index in [0.717, 1.165) is 0 Å². The zero-order valence-electron chi connectivity index (χ0n) is 12.6. The second kappa shape index (κ2) is 8.16. The van der Waals surface area contributed by atoms with Gasteiger partial charge in [-0.1, -0.05) is 0 Å². The summed E-state index contributed by atoms with van der Waals surface area (Å²) in [6.07, 6.45) is 1.16. The highest BCUT2D eigenvalue weighted by molar-refractivity contribution is 7.13. The lowest BCUT2D eigenvalue weighted by atomic mass is 10.2. The Balaban J connectivity index is 1.91. The van der Waals surface area contributed by atoms with Crippen molar-refractivity contribution in [2.75, 3.05) is 6.54 Å². The number of carbonyl (C=O) groups is 2. The highest BCUT2D eigenvalue weighted by Crippen LogP contribution is 2.25. The largest absolute Gasteiger partial charge is 0.481 e. The average Bonchev–Trinajstić information content (AvgIpc) is 3.04. The fraction of sp³-hybridized carbons (Fsp3) is 0.267. The van der Waals surface area contributed by atoms with Crippen LogP contribution in [0, 0.1) is 10.1 Å². The van der Waals surface area contributed by atoms with E-state index in [9.17, 15) is 19.7 Å².